The van der Waals surface area contributed by atoms with E-state index in [1.54, 1.807) is 41.8 Å². The van der Waals surface area contributed by atoms with Crippen LogP contribution in [0.2, 0.25) is 8.35 Å². The summed E-state index contributed by atoms with van der Waals surface area (Å²) in [7, 11) is 0. The molecule has 0 radical (unpaired) electrons. The second-order valence-corrected chi connectivity index (χ2v) is 31.4. The summed E-state index contributed by atoms with van der Waals surface area (Å²) in [6.07, 6.45) is 17.8. The topological polar surface area (TPSA) is 0 Å². The molecule has 2 aliphatic carbocycles. The predicted molar refractivity (Wildman–Crippen MR) is 202 cm³/mol. The summed E-state index contributed by atoms with van der Waals surface area (Å²) in [5, 5.41) is 0. The van der Waals surface area contributed by atoms with E-state index in [1.165, 1.54) is 84.7 Å². The van der Waals surface area contributed by atoms with Crippen LogP contribution in [0, 0.1) is 0 Å². The van der Waals surface area contributed by atoms with Gasteiger partial charge in [-0.15, -0.1) is 0 Å². The van der Waals surface area contributed by atoms with Gasteiger partial charge in [-0.3, -0.25) is 0 Å². The third kappa shape index (κ3) is 7.43. The molecule has 1 fully saturated rings. The van der Waals surface area contributed by atoms with Crippen molar-refractivity contribution in [2.45, 2.75) is 108 Å². The van der Waals surface area contributed by atoms with Crippen LogP contribution < -0.4 is 24.8 Å². The Labute approximate surface area is 314 Å². The van der Waals surface area contributed by atoms with Crippen molar-refractivity contribution in [1.82, 2.24) is 0 Å². The summed E-state index contributed by atoms with van der Waals surface area (Å²) in [5.41, 5.74) is 18.7. The van der Waals surface area contributed by atoms with E-state index in [-0.39, 0.29) is 24.8 Å². The molecule has 3 aliphatic rings. The van der Waals surface area contributed by atoms with E-state index in [4.69, 9.17) is 0 Å². The molecule has 1 saturated heterocycles. The molecule has 49 heavy (non-hydrogen) atoms. The number of unbranched alkanes of at least 4 members (excludes halogenated alkanes) is 2. The number of allylic oxidation sites excluding steroid dienone is 2. The minimum atomic E-state index is -2.94. The first kappa shape index (κ1) is 38.1. The van der Waals surface area contributed by atoms with Crippen LogP contribution in [0.5, 0.6) is 0 Å². The van der Waals surface area contributed by atoms with Gasteiger partial charge in [-0.1, -0.05) is 0 Å². The van der Waals surface area contributed by atoms with E-state index >= 15 is 0 Å². The van der Waals surface area contributed by atoms with Crippen molar-refractivity contribution in [3.05, 3.63) is 129 Å². The second kappa shape index (κ2) is 16.9. The molecule has 1 aliphatic heterocycles. The molecule has 4 aromatic carbocycles. The molecule has 256 valence electrons. The van der Waals surface area contributed by atoms with Crippen LogP contribution >= 0.6 is 0 Å². The first-order valence-corrected chi connectivity index (χ1v) is 28.2. The van der Waals surface area contributed by atoms with Crippen LogP contribution in [0.1, 0.15) is 120 Å². The number of hydrogen-bond acceptors (Lipinski definition) is 0. The average molecular weight is 856 g/mol. The Morgan fingerprint density at radius 3 is 1.24 bits per heavy atom. The third-order valence-corrected chi connectivity index (χ3v) is 30.6. The van der Waals surface area contributed by atoms with Crippen molar-refractivity contribution in [3.8, 4) is 22.3 Å². The molecule has 4 aromatic rings. The molecule has 0 amide bonds. The third-order valence-electron chi connectivity index (χ3n) is 11.5. The minimum Gasteiger partial charge on any atom is -1.00 e. The normalized spacial score (nSPS) is 17.5. The Balaban J connectivity index is 0.00000234. The van der Waals surface area contributed by atoms with E-state index < -0.39 is 20.0 Å². The number of benzene rings is 4. The quantitative estimate of drug-likeness (QED) is 0.113. The van der Waals surface area contributed by atoms with Gasteiger partial charge in [0.2, 0.25) is 0 Å². The molecule has 1 heterocycles. The maximum Gasteiger partial charge on any atom is -1.00 e. The summed E-state index contributed by atoms with van der Waals surface area (Å²) < 4.78 is 4.53. The SMILES string of the molecule is CCCCC1=Cc2c(-c3ccc(CCC)cc3)cccc2[CH]1[Hf+2]1([CH]2C(CCCC)=Cc3c(-c4ccc(CCC)cc4)cccc32)[CH2][CH2]1.[Cl-].[Cl-]. The molecule has 7 rings (SSSR count). The summed E-state index contributed by atoms with van der Waals surface area (Å²) in [6.45, 7) is 9.29. The average Bonchev–Trinajstić information content (AvgIpc) is 3.64. The Hall–Kier alpha value is -2.19. The van der Waals surface area contributed by atoms with Crippen molar-refractivity contribution in [3.63, 3.8) is 0 Å². The smallest absolute Gasteiger partial charge is 1.00 e. The zero-order chi connectivity index (χ0) is 32.4. The van der Waals surface area contributed by atoms with Gasteiger partial charge in [0.05, 0.1) is 0 Å². The number of fused-ring (bicyclic) bond motifs is 2. The minimum absolute atomic E-state index is 0. The molecule has 0 N–H and O–H groups in total. The molecular formula is C46H54Cl2Hf. The summed E-state index contributed by atoms with van der Waals surface area (Å²) in [5.74, 6) is 0. The largest absolute Gasteiger partial charge is 1.00 e. The Morgan fingerprint density at radius 2 is 0.898 bits per heavy atom. The molecule has 2 unspecified atom stereocenters. The first-order valence-electron chi connectivity index (χ1n) is 19.0. The van der Waals surface area contributed by atoms with Crippen molar-refractivity contribution in [1.29, 1.82) is 0 Å². The van der Waals surface area contributed by atoms with Gasteiger partial charge in [-0.25, -0.2) is 0 Å². The van der Waals surface area contributed by atoms with Gasteiger partial charge in [0.1, 0.15) is 0 Å². The molecule has 0 saturated carbocycles. The molecule has 2 atom stereocenters. The number of hydrogen-bond donors (Lipinski definition) is 0. The van der Waals surface area contributed by atoms with Gasteiger partial charge in [-0.05, 0) is 0 Å². The van der Waals surface area contributed by atoms with Gasteiger partial charge in [0, 0.05) is 0 Å². The Kier molecular flexibility index (Phi) is 13.1. The monoisotopic (exact) mass is 856 g/mol. The van der Waals surface area contributed by atoms with Crippen LogP contribution in [0.25, 0.3) is 34.4 Å². The molecule has 0 bridgehead atoms. The summed E-state index contributed by atoms with van der Waals surface area (Å²) in [6, 6.07) is 33.7. The molecular weight excluding hydrogens is 802 g/mol. The maximum atomic E-state index is 2.70. The summed E-state index contributed by atoms with van der Waals surface area (Å²) >= 11 is -2.94. The second-order valence-electron chi connectivity index (χ2n) is 14.8. The van der Waals surface area contributed by atoms with Crippen molar-refractivity contribution < 1.29 is 44.8 Å². The van der Waals surface area contributed by atoms with Gasteiger partial charge in [0.25, 0.3) is 0 Å². The van der Waals surface area contributed by atoms with E-state index in [1.807, 2.05) is 0 Å². The number of rotatable bonds is 14. The fraction of sp³-hybridized carbons (Fsp3) is 0.391. The fourth-order valence-electron chi connectivity index (χ4n) is 9.15. The zero-order valence-electron chi connectivity index (χ0n) is 30.1. The Bertz CT molecular complexity index is 1650. The fourth-order valence-corrected chi connectivity index (χ4v) is 37.2. The Morgan fingerprint density at radius 1 is 0.490 bits per heavy atom. The standard InChI is InChI=1S/2C22H25.C2H4.2ClH.Hf/c2*1-3-5-8-18-15-20-9-6-10-21(22(20)16-18)19-13-11-17(7-4-2)12-14-19;1-2;;;/h2*6,9-16H,3-5,7-8H2,1-2H3;1-2H2;2*1H;/q;;;;;+2/p-2. The van der Waals surface area contributed by atoms with Gasteiger partial charge < -0.3 is 24.8 Å². The van der Waals surface area contributed by atoms with E-state index in [9.17, 15) is 0 Å². The first-order chi connectivity index (χ1) is 23.1. The van der Waals surface area contributed by atoms with Crippen LogP contribution in [-0.4, -0.2) is 0 Å². The van der Waals surface area contributed by atoms with Crippen molar-refractivity contribution >= 4 is 12.2 Å². The van der Waals surface area contributed by atoms with Crippen molar-refractivity contribution in [2.75, 3.05) is 0 Å². The summed E-state index contributed by atoms with van der Waals surface area (Å²) in [4.78, 5) is 0. The van der Waals surface area contributed by atoms with E-state index in [0.29, 0.717) is 0 Å². The van der Waals surface area contributed by atoms with Crippen molar-refractivity contribution in [2.24, 2.45) is 0 Å². The van der Waals surface area contributed by atoms with Gasteiger partial charge >= 0.3 is 291 Å². The molecule has 0 spiro atoms. The van der Waals surface area contributed by atoms with Gasteiger partial charge in [-0.2, -0.15) is 0 Å². The van der Waals surface area contributed by atoms with Crippen LogP contribution in [0.15, 0.2) is 96.1 Å². The predicted octanol–water partition coefficient (Wildman–Crippen LogP) is 7.89. The zero-order valence-corrected chi connectivity index (χ0v) is 35.2. The number of aryl methyl sites for hydroxylation is 2. The maximum absolute atomic E-state index is 2.94. The molecule has 0 nitrogen and oxygen atoms in total. The van der Waals surface area contributed by atoms with Crippen LogP contribution in [0.4, 0.5) is 0 Å². The molecule has 0 aromatic heterocycles. The van der Waals surface area contributed by atoms with Crippen LogP contribution in [0.3, 0.4) is 0 Å². The van der Waals surface area contributed by atoms with Crippen LogP contribution in [-0.2, 0) is 32.8 Å². The number of halogens is 2. The molecule has 3 heteroatoms. The van der Waals surface area contributed by atoms with Gasteiger partial charge in [0.15, 0.2) is 0 Å². The van der Waals surface area contributed by atoms with E-state index in [2.05, 4.69) is 125 Å². The van der Waals surface area contributed by atoms with E-state index in [0.717, 1.165) is 20.2 Å².